The number of nitrogen functional groups attached to an aromatic ring is 1. The van der Waals surface area contributed by atoms with Crippen LogP contribution in [0.15, 0.2) is 18.2 Å². The molecule has 0 aliphatic carbocycles. The molecule has 0 amide bonds. The third kappa shape index (κ3) is 2.54. The van der Waals surface area contributed by atoms with Crippen molar-refractivity contribution in [2.75, 3.05) is 37.3 Å². The van der Waals surface area contributed by atoms with Crippen molar-refractivity contribution in [1.29, 1.82) is 0 Å². The molecular formula is C15H22ClN3. The average molecular weight is 280 g/mol. The van der Waals surface area contributed by atoms with Gasteiger partial charge in [-0.25, -0.2) is 0 Å². The first-order chi connectivity index (χ1) is 9.15. The first-order valence-corrected chi connectivity index (χ1v) is 7.53. The fourth-order valence-corrected chi connectivity index (χ4v) is 3.96. The lowest BCUT2D eigenvalue weighted by Gasteiger charge is -2.46. The zero-order chi connectivity index (χ0) is 13.4. The van der Waals surface area contributed by atoms with Gasteiger partial charge in [0.15, 0.2) is 0 Å². The average Bonchev–Trinajstić information content (AvgIpc) is 2.38. The highest BCUT2D eigenvalue weighted by molar-refractivity contribution is 6.33. The molecule has 3 nitrogen and oxygen atoms in total. The van der Waals surface area contributed by atoms with E-state index in [0.717, 1.165) is 41.4 Å². The van der Waals surface area contributed by atoms with E-state index in [0.29, 0.717) is 0 Å². The van der Waals surface area contributed by atoms with Crippen LogP contribution in [0, 0.1) is 5.92 Å². The van der Waals surface area contributed by atoms with Crippen molar-refractivity contribution in [1.82, 2.24) is 4.90 Å². The Morgan fingerprint density at radius 1 is 1.26 bits per heavy atom. The van der Waals surface area contributed by atoms with Crippen LogP contribution in [-0.2, 0) is 0 Å². The summed E-state index contributed by atoms with van der Waals surface area (Å²) >= 11 is 6.33. The molecule has 2 fully saturated rings. The number of benzene rings is 1. The van der Waals surface area contributed by atoms with Gasteiger partial charge in [0, 0.05) is 24.8 Å². The summed E-state index contributed by atoms with van der Waals surface area (Å²) in [5.41, 5.74) is 7.65. The van der Waals surface area contributed by atoms with Gasteiger partial charge in [-0.3, -0.25) is 0 Å². The topological polar surface area (TPSA) is 32.5 Å². The normalized spacial score (nSPS) is 28.2. The fourth-order valence-electron chi connectivity index (χ4n) is 3.65. The molecular weight excluding hydrogens is 258 g/mol. The van der Waals surface area contributed by atoms with E-state index in [2.05, 4.69) is 22.9 Å². The molecule has 2 aliphatic heterocycles. The fraction of sp³-hybridized carbons (Fsp3) is 0.600. The van der Waals surface area contributed by atoms with Crippen molar-refractivity contribution in [2.24, 2.45) is 5.92 Å². The molecule has 1 aromatic carbocycles. The predicted octanol–water partition coefficient (Wildman–Crippen LogP) is 2.84. The van der Waals surface area contributed by atoms with Crippen molar-refractivity contribution >= 4 is 23.0 Å². The number of nitrogens with zero attached hydrogens (tertiary/aromatic N) is 2. The Kier molecular flexibility index (Phi) is 3.59. The van der Waals surface area contributed by atoms with Gasteiger partial charge in [0.2, 0.25) is 0 Å². The maximum Gasteiger partial charge on any atom is 0.0660 e. The molecule has 0 aromatic heterocycles. The van der Waals surface area contributed by atoms with Crippen LogP contribution in [-0.4, -0.2) is 37.6 Å². The highest BCUT2D eigenvalue weighted by atomic mass is 35.5. The number of piperidine rings is 2. The minimum atomic E-state index is 0.737. The van der Waals surface area contributed by atoms with Crippen molar-refractivity contribution < 1.29 is 0 Å². The van der Waals surface area contributed by atoms with E-state index in [1.54, 1.807) is 0 Å². The molecule has 2 unspecified atom stereocenters. The molecule has 2 heterocycles. The van der Waals surface area contributed by atoms with E-state index in [1.165, 1.54) is 25.8 Å². The molecule has 0 spiro atoms. The summed E-state index contributed by atoms with van der Waals surface area (Å²) in [4.78, 5) is 4.97. The molecule has 0 saturated carbocycles. The summed E-state index contributed by atoms with van der Waals surface area (Å²) < 4.78 is 0. The molecule has 0 bridgehead atoms. The molecule has 3 rings (SSSR count). The van der Waals surface area contributed by atoms with Gasteiger partial charge in [-0.2, -0.15) is 0 Å². The van der Waals surface area contributed by atoms with E-state index in [1.807, 2.05) is 12.1 Å². The number of fused-ring (bicyclic) bond motifs is 1. The Hall–Kier alpha value is -0.930. The van der Waals surface area contributed by atoms with Crippen LogP contribution in [0.4, 0.5) is 11.4 Å². The molecule has 104 valence electrons. The van der Waals surface area contributed by atoms with Gasteiger partial charge in [0.05, 0.1) is 10.7 Å². The molecule has 2 atom stereocenters. The quantitative estimate of drug-likeness (QED) is 0.803. The molecule has 4 heteroatoms. The number of anilines is 2. The van der Waals surface area contributed by atoms with Crippen LogP contribution >= 0.6 is 11.6 Å². The Bertz CT molecular complexity index is 463. The van der Waals surface area contributed by atoms with E-state index in [4.69, 9.17) is 17.3 Å². The number of likely N-dealkylation sites (tertiary alicyclic amines) is 1. The first kappa shape index (κ1) is 13.1. The number of halogens is 1. The zero-order valence-electron chi connectivity index (χ0n) is 11.5. The summed E-state index contributed by atoms with van der Waals surface area (Å²) in [5.74, 6) is 0.779. The Morgan fingerprint density at radius 2 is 2.11 bits per heavy atom. The van der Waals surface area contributed by atoms with Gasteiger partial charge < -0.3 is 15.5 Å². The van der Waals surface area contributed by atoms with Crippen molar-refractivity contribution in [3.63, 3.8) is 0 Å². The van der Waals surface area contributed by atoms with Gasteiger partial charge in [-0.1, -0.05) is 11.6 Å². The van der Waals surface area contributed by atoms with Gasteiger partial charge in [-0.15, -0.1) is 0 Å². The number of hydrogen-bond donors (Lipinski definition) is 1. The number of nitrogens with two attached hydrogens (primary N) is 1. The standard InChI is InChI=1S/C15H22ClN3/c1-18-7-2-3-11-10-19(8-6-14(11)18)15-5-4-12(17)9-13(15)16/h4-5,9,11,14H,2-3,6-8,10,17H2,1H3. The van der Waals surface area contributed by atoms with Crippen LogP contribution in [0.25, 0.3) is 0 Å². The lowest BCUT2D eigenvalue weighted by Crippen LogP contribution is -2.52. The van der Waals surface area contributed by atoms with E-state index < -0.39 is 0 Å². The second-order valence-electron chi connectivity index (χ2n) is 5.90. The van der Waals surface area contributed by atoms with Crippen molar-refractivity contribution in [3.05, 3.63) is 23.2 Å². The molecule has 1 aromatic rings. The van der Waals surface area contributed by atoms with Crippen molar-refractivity contribution in [2.45, 2.75) is 25.3 Å². The van der Waals surface area contributed by atoms with Crippen LogP contribution in [0.5, 0.6) is 0 Å². The lowest BCUT2D eigenvalue weighted by atomic mass is 9.84. The van der Waals surface area contributed by atoms with Gasteiger partial charge >= 0.3 is 0 Å². The first-order valence-electron chi connectivity index (χ1n) is 7.15. The maximum absolute atomic E-state index is 6.33. The van der Waals surface area contributed by atoms with E-state index in [9.17, 15) is 0 Å². The monoisotopic (exact) mass is 279 g/mol. The van der Waals surface area contributed by atoms with Crippen LogP contribution in [0.3, 0.4) is 0 Å². The third-order valence-electron chi connectivity index (χ3n) is 4.66. The summed E-state index contributed by atoms with van der Waals surface area (Å²) in [5, 5.41) is 0.780. The minimum Gasteiger partial charge on any atom is -0.399 e. The van der Waals surface area contributed by atoms with Crippen LogP contribution in [0.2, 0.25) is 5.02 Å². The highest BCUT2D eigenvalue weighted by Crippen LogP contribution is 2.35. The molecule has 19 heavy (non-hydrogen) atoms. The summed E-state index contributed by atoms with van der Waals surface area (Å²) in [7, 11) is 2.27. The minimum absolute atomic E-state index is 0.737. The molecule has 2 N–H and O–H groups in total. The Labute approximate surface area is 120 Å². The van der Waals surface area contributed by atoms with E-state index in [-0.39, 0.29) is 0 Å². The summed E-state index contributed by atoms with van der Waals surface area (Å²) in [6.07, 6.45) is 3.90. The van der Waals surface area contributed by atoms with E-state index >= 15 is 0 Å². The Balaban J connectivity index is 1.77. The number of hydrogen-bond acceptors (Lipinski definition) is 3. The maximum atomic E-state index is 6.33. The second kappa shape index (κ2) is 5.22. The molecule has 2 saturated heterocycles. The smallest absolute Gasteiger partial charge is 0.0660 e. The second-order valence-corrected chi connectivity index (χ2v) is 6.30. The zero-order valence-corrected chi connectivity index (χ0v) is 12.2. The largest absolute Gasteiger partial charge is 0.399 e. The Morgan fingerprint density at radius 3 is 2.89 bits per heavy atom. The lowest BCUT2D eigenvalue weighted by molar-refractivity contribution is 0.102. The molecule has 0 radical (unpaired) electrons. The summed E-state index contributed by atoms with van der Waals surface area (Å²) in [6.45, 7) is 3.47. The van der Waals surface area contributed by atoms with Crippen LogP contribution in [0.1, 0.15) is 19.3 Å². The molecule has 2 aliphatic rings. The summed E-state index contributed by atoms with van der Waals surface area (Å²) in [6, 6.07) is 6.62. The van der Waals surface area contributed by atoms with Crippen molar-refractivity contribution in [3.8, 4) is 0 Å². The van der Waals surface area contributed by atoms with Gasteiger partial charge in [0.1, 0.15) is 0 Å². The SMILES string of the molecule is CN1CCCC2CN(c3ccc(N)cc3Cl)CCC21. The predicted molar refractivity (Wildman–Crippen MR) is 81.8 cm³/mol. The van der Waals surface area contributed by atoms with Crippen LogP contribution < -0.4 is 10.6 Å². The third-order valence-corrected chi connectivity index (χ3v) is 4.96. The number of rotatable bonds is 1. The van der Waals surface area contributed by atoms with Gasteiger partial charge in [0.25, 0.3) is 0 Å². The highest BCUT2D eigenvalue weighted by Gasteiger charge is 2.34. The van der Waals surface area contributed by atoms with Gasteiger partial charge in [-0.05, 0) is 57.0 Å².